The molecule has 0 aliphatic rings. The molecule has 4 rings (SSSR count). The van der Waals surface area contributed by atoms with Crippen LogP contribution in [-0.2, 0) is 20.8 Å². The first-order valence-corrected chi connectivity index (χ1v) is 14.6. The minimum Gasteiger partial charge on any atom is -0.495 e. The number of anilines is 1. The summed E-state index contributed by atoms with van der Waals surface area (Å²) < 4.78 is 36.3. The van der Waals surface area contributed by atoms with Crippen LogP contribution >= 0.6 is 35.0 Å². The van der Waals surface area contributed by atoms with Gasteiger partial charge in [0.15, 0.2) is 5.16 Å². The molecule has 8 nitrogen and oxygen atoms in total. The standard InChI is InChI=1S/C30H28Cl2F2N4O4S/c1-30(2,16-4-9-21(31)25(10-16)42-3)26-14-36-29(38(26)19-7-5-17(33)6-8-19)43-15-20-22(32)11-18(12-23(20)34)37-28(41)24(35)13-27(39)40/h4-12,14,24H,13,15,35H2,1-3H3,(H,37,41)(H,39,40). The van der Waals surface area contributed by atoms with Crippen molar-refractivity contribution in [3.63, 3.8) is 0 Å². The molecule has 1 aromatic heterocycles. The highest BCUT2D eigenvalue weighted by Crippen LogP contribution is 2.40. The summed E-state index contributed by atoms with van der Waals surface area (Å²) in [5, 5.41) is 12.2. The van der Waals surface area contributed by atoms with Crippen LogP contribution in [0.2, 0.25) is 10.0 Å². The fraction of sp³-hybridized carbons (Fsp3) is 0.233. The van der Waals surface area contributed by atoms with E-state index in [0.717, 1.165) is 17.3 Å². The van der Waals surface area contributed by atoms with Crippen LogP contribution < -0.4 is 15.8 Å². The van der Waals surface area contributed by atoms with Crippen molar-refractivity contribution in [1.82, 2.24) is 9.55 Å². The van der Waals surface area contributed by atoms with E-state index in [4.69, 9.17) is 38.8 Å². The van der Waals surface area contributed by atoms with Crippen molar-refractivity contribution in [3.8, 4) is 11.4 Å². The fourth-order valence-corrected chi connectivity index (χ4v) is 5.95. The number of hydrogen-bond acceptors (Lipinski definition) is 6. The van der Waals surface area contributed by atoms with Crippen LogP contribution in [0.3, 0.4) is 0 Å². The molecule has 43 heavy (non-hydrogen) atoms. The second-order valence-corrected chi connectivity index (χ2v) is 11.9. The molecule has 4 N–H and O–H groups in total. The average molecular weight is 650 g/mol. The van der Waals surface area contributed by atoms with Crippen LogP contribution in [0.5, 0.6) is 5.75 Å². The van der Waals surface area contributed by atoms with Gasteiger partial charge in [-0.25, -0.2) is 13.8 Å². The van der Waals surface area contributed by atoms with Crippen LogP contribution in [0.15, 0.2) is 66.0 Å². The summed E-state index contributed by atoms with van der Waals surface area (Å²) in [6, 6.07) is 12.6. The molecule has 1 heterocycles. The number of nitrogens with zero attached hydrogens (tertiary/aromatic N) is 2. The number of carbonyl (C=O) groups is 2. The molecular weight excluding hydrogens is 621 g/mol. The topological polar surface area (TPSA) is 119 Å². The first-order chi connectivity index (χ1) is 20.3. The Kier molecular flexibility index (Phi) is 10.0. The largest absolute Gasteiger partial charge is 0.495 e. The number of carboxylic acid groups (broad SMARTS) is 1. The molecule has 0 bridgehead atoms. The predicted octanol–water partition coefficient (Wildman–Crippen LogP) is 6.82. The second kappa shape index (κ2) is 13.3. The van der Waals surface area contributed by atoms with Crippen molar-refractivity contribution < 1.29 is 28.2 Å². The summed E-state index contributed by atoms with van der Waals surface area (Å²) in [7, 11) is 1.54. The molecule has 0 saturated heterocycles. The molecule has 0 fully saturated rings. The van der Waals surface area contributed by atoms with Gasteiger partial charge in [-0.2, -0.15) is 0 Å². The lowest BCUT2D eigenvalue weighted by molar-refractivity contribution is -0.138. The normalized spacial score (nSPS) is 12.2. The number of thioether (sulfide) groups is 1. The minimum absolute atomic E-state index is 0.0392. The number of aromatic nitrogens is 2. The van der Waals surface area contributed by atoms with Gasteiger partial charge in [-0.1, -0.05) is 54.9 Å². The molecule has 0 saturated carbocycles. The molecule has 0 aliphatic carbocycles. The van der Waals surface area contributed by atoms with E-state index in [2.05, 4.69) is 10.3 Å². The summed E-state index contributed by atoms with van der Waals surface area (Å²) in [6.45, 7) is 4.01. The molecule has 0 spiro atoms. The molecule has 0 aliphatic heterocycles. The zero-order chi connectivity index (χ0) is 31.5. The number of carboxylic acids is 1. The number of rotatable bonds is 11. The zero-order valence-corrected chi connectivity index (χ0v) is 25.7. The Balaban J connectivity index is 1.66. The van der Waals surface area contributed by atoms with Gasteiger partial charge in [0.05, 0.1) is 36.5 Å². The Morgan fingerprint density at radius 2 is 1.81 bits per heavy atom. The first kappa shape index (κ1) is 32.3. The van der Waals surface area contributed by atoms with Crippen LogP contribution in [0.4, 0.5) is 14.5 Å². The summed E-state index contributed by atoms with van der Waals surface area (Å²) in [6.07, 6.45) is 1.13. The third-order valence-electron chi connectivity index (χ3n) is 6.81. The minimum atomic E-state index is -1.31. The van der Waals surface area contributed by atoms with Gasteiger partial charge >= 0.3 is 5.97 Å². The Morgan fingerprint density at radius 3 is 2.44 bits per heavy atom. The van der Waals surface area contributed by atoms with E-state index in [9.17, 15) is 14.0 Å². The summed E-state index contributed by atoms with van der Waals surface area (Å²) in [4.78, 5) is 27.6. The number of nitrogens with one attached hydrogen (secondary N) is 1. The quantitative estimate of drug-likeness (QED) is 0.153. The maximum Gasteiger partial charge on any atom is 0.305 e. The number of nitrogens with two attached hydrogens (primary N) is 1. The number of carbonyl (C=O) groups excluding carboxylic acids is 1. The molecular formula is C30H28Cl2F2N4O4S. The summed E-state index contributed by atoms with van der Waals surface area (Å²) >= 11 is 13.9. The second-order valence-electron chi connectivity index (χ2n) is 10.1. The average Bonchev–Trinajstić information content (AvgIpc) is 3.37. The Morgan fingerprint density at radius 1 is 1.12 bits per heavy atom. The fourth-order valence-electron chi connectivity index (χ4n) is 4.38. The third kappa shape index (κ3) is 7.30. The number of methoxy groups -OCH3 is 1. The molecule has 3 aromatic carbocycles. The van der Waals surface area contributed by atoms with Crippen LogP contribution in [0.1, 0.15) is 37.1 Å². The lowest BCUT2D eigenvalue weighted by atomic mass is 9.81. The number of benzene rings is 3. The molecule has 1 unspecified atom stereocenters. The maximum atomic E-state index is 15.2. The molecule has 1 atom stereocenters. The van der Waals surface area contributed by atoms with Gasteiger partial charge < -0.3 is 20.9 Å². The highest BCUT2D eigenvalue weighted by molar-refractivity contribution is 7.98. The van der Waals surface area contributed by atoms with Gasteiger partial charge in [-0.05, 0) is 54.1 Å². The van der Waals surface area contributed by atoms with Crippen molar-refractivity contribution in [2.24, 2.45) is 5.73 Å². The Hall–Kier alpha value is -3.64. The monoisotopic (exact) mass is 648 g/mol. The van der Waals surface area contributed by atoms with E-state index in [-0.39, 0.29) is 22.0 Å². The van der Waals surface area contributed by atoms with Crippen molar-refractivity contribution in [1.29, 1.82) is 0 Å². The summed E-state index contributed by atoms with van der Waals surface area (Å²) in [5.74, 6) is -2.51. The van der Waals surface area contributed by atoms with E-state index in [0.29, 0.717) is 21.6 Å². The van der Waals surface area contributed by atoms with E-state index in [1.165, 1.54) is 37.1 Å². The third-order valence-corrected chi connectivity index (χ3v) is 8.44. The van der Waals surface area contributed by atoms with E-state index in [1.54, 1.807) is 24.4 Å². The number of halogens is 4. The number of imidazole rings is 1. The van der Waals surface area contributed by atoms with Crippen molar-refractivity contribution in [3.05, 3.63) is 99.3 Å². The van der Waals surface area contributed by atoms with Crippen molar-refractivity contribution >= 4 is 52.5 Å². The van der Waals surface area contributed by atoms with Crippen LogP contribution in [-0.4, -0.2) is 39.7 Å². The highest BCUT2D eigenvalue weighted by Gasteiger charge is 2.30. The molecule has 1 amide bonds. The van der Waals surface area contributed by atoms with Crippen LogP contribution in [0.25, 0.3) is 5.69 Å². The van der Waals surface area contributed by atoms with Gasteiger partial charge in [0, 0.05) is 33.1 Å². The SMILES string of the molecule is COc1cc(C(C)(C)c2cnc(SCc3c(F)cc(NC(=O)C(N)CC(=O)O)cc3Cl)n2-c2ccc(F)cc2)ccc1Cl. The summed E-state index contributed by atoms with van der Waals surface area (Å²) in [5.41, 5.74) is 7.47. The molecule has 0 radical (unpaired) electrons. The van der Waals surface area contributed by atoms with Gasteiger partial charge in [0.1, 0.15) is 17.4 Å². The lowest BCUT2D eigenvalue weighted by Gasteiger charge is -2.28. The van der Waals surface area contributed by atoms with Gasteiger partial charge in [-0.3, -0.25) is 14.2 Å². The Labute approximate surface area is 261 Å². The molecule has 13 heteroatoms. The molecule has 4 aromatic rings. The van der Waals surface area contributed by atoms with Gasteiger partial charge in [0.2, 0.25) is 5.91 Å². The van der Waals surface area contributed by atoms with E-state index < -0.39 is 41.4 Å². The van der Waals surface area contributed by atoms with Crippen LogP contribution in [0, 0.1) is 11.6 Å². The molecule has 226 valence electrons. The zero-order valence-electron chi connectivity index (χ0n) is 23.3. The smallest absolute Gasteiger partial charge is 0.305 e. The number of hydrogen-bond donors (Lipinski definition) is 3. The predicted molar refractivity (Wildman–Crippen MR) is 163 cm³/mol. The van der Waals surface area contributed by atoms with Crippen molar-refractivity contribution in [2.75, 3.05) is 12.4 Å². The van der Waals surface area contributed by atoms with E-state index in [1.807, 2.05) is 30.5 Å². The number of amides is 1. The van der Waals surface area contributed by atoms with Crippen molar-refractivity contribution in [2.45, 2.75) is 42.6 Å². The van der Waals surface area contributed by atoms with E-state index >= 15 is 4.39 Å². The number of ether oxygens (including phenoxy) is 1. The lowest BCUT2D eigenvalue weighted by Crippen LogP contribution is -2.37. The Bertz CT molecular complexity index is 1640. The van der Waals surface area contributed by atoms with Gasteiger partial charge in [0.25, 0.3) is 0 Å². The first-order valence-electron chi connectivity index (χ1n) is 12.9. The van der Waals surface area contributed by atoms with Gasteiger partial charge in [-0.15, -0.1) is 0 Å². The number of aliphatic carboxylic acids is 1. The highest BCUT2D eigenvalue weighted by atomic mass is 35.5. The maximum absolute atomic E-state index is 15.2.